The Labute approximate surface area is 143 Å². The van der Waals surface area contributed by atoms with Gasteiger partial charge in [0.1, 0.15) is 0 Å². The molecule has 124 valence electrons. The molecule has 0 aromatic carbocycles. The van der Waals surface area contributed by atoms with Crippen LogP contribution >= 0.6 is 23.7 Å². The molecule has 0 bridgehead atoms. The fourth-order valence-corrected chi connectivity index (χ4v) is 4.69. The summed E-state index contributed by atoms with van der Waals surface area (Å²) in [6, 6.07) is 2.35. The Kier molecular flexibility index (Phi) is 5.25. The molecule has 2 N–H and O–H groups in total. The van der Waals surface area contributed by atoms with Crippen molar-refractivity contribution in [1.82, 2.24) is 4.90 Å². The van der Waals surface area contributed by atoms with E-state index >= 15 is 0 Å². The maximum Gasteiger partial charge on any atom is 0.263 e. The fourth-order valence-electron chi connectivity index (χ4n) is 3.51. The summed E-state index contributed by atoms with van der Waals surface area (Å²) in [6.07, 6.45) is 4.44. The van der Waals surface area contributed by atoms with E-state index in [-0.39, 0.29) is 29.8 Å². The van der Waals surface area contributed by atoms with Gasteiger partial charge in [-0.25, -0.2) is 0 Å². The van der Waals surface area contributed by atoms with Crippen molar-refractivity contribution in [2.45, 2.75) is 52.5 Å². The van der Waals surface area contributed by atoms with Gasteiger partial charge in [-0.1, -0.05) is 20.8 Å². The van der Waals surface area contributed by atoms with Gasteiger partial charge >= 0.3 is 0 Å². The second-order valence-electron chi connectivity index (χ2n) is 7.52. The van der Waals surface area contributed by atoms with Crippen LogP contribution in [0.1, 0.15) is 53.7 Å². The standard InChI is InChI=1S/C17H26N2OS.ClH/c1-11-4-5-13-12(8-11)9-14(21-13)16(20)19-7-6-15(18)17(2,3)10-19;/h9,11,15H,4-8,10,18H2,1-3H3;1H. The van der Waals surface area contributed by atoms with E-state index in [9.17, 15) is 4.79 Å². The minimum atomic E-state index is 0. The lowest BCUT2D eigenvalue weighted by Gasteiger charge is -2.42. The van der Waals surface area contributed by atoms with E-state index in [4.69, 9.17) is 5.73 Å². The first-order valence-corrected chi connectivity index (χ1v) is 8.85. The minimum absolute atomic E-state index is 0. The van der Waals surface area contributed by atoms with Crippen molar-refractivity contribution in [2.24, 2.45) is 17.1 Å². The highest BCUT2D eigenvalue weighted by atomic mass is 35.5. The first kappa shape index (κ1) is 17.8. The molecule has 3 nitrogen and oxygen atoms in total. The van der Waals surface area contributed by atoms with Crippen LogP contribution in [-0.4, -0.2) is 29.9 Å². The Morgan fingerprint density at radius 3 is 2.82 bits per heavy atom. The van der Waals surface area contributed by atoms with E-state index in [1.165, 1.54) is 16.9 Å². The van der Waals surface area contributed by atoms with Crippen LogP contribution in [-0.2, 0) is 12.8 Å². The van der Waals surface area contributed by atoms with Gasteiger partial charge in [0.15, 0.2) is 0 Å². The van der Waals surface area contributed by atoms with Gasteiger partial charge in [-0.05, 0) is 48.6 Å². The summed E-state index contributed by atoms with van der Waals surface area (Å²) in [5, 5.41) is 0. The maximum atomic E-state index is 12.8. The van der Waals surface area contributed by atoms with Crippen LogP contribution in [0.3, 0.4) is 0 Å². The molecule has 1 aliphatic heterocycles. The van der Waals surface area contributed by atoms with Crippen molar-refractivity contribution >= 4 is 29.7 Å². The van der Waals surface area contributed by atoms with E-state index in [1.54, 1.807) is 11.3 Å². The lowest BCUT2D eigenvalue weighted by Crippen LogP contribution is -2.53. The number of hydrogen-bond donors (Lipinski definition) is 1. The first-order chi connectivity index (χ1) is 9.87. The Balaban J connectivity index is 0.00000176. The van der Waals surface area contributed by atoms with Crippen LogP contribution < -0.4 is 5.73 Å². The van der Waals surface area contributed by atoms with Gasteiger partial charge in [-0.15, -0.1) is 23.7 Å². The van der Waals surface area contributed by atoms with E-state index in [2.05, 4.69) is 26.8 Å². The summed E-state index contributed by atoms with van der Waals surface area (Å²) in [7, 11) is 0. The van der Waals surface area contributed by atoms with E-state index in [0.717, 1.165) is 43.1 Å². The molecule has 0 radical (unpaired) electrons. The normalized spacial score (nSPS) is 27.0. The Bertz CT molecular complexity index is 555. The summed E-state index contributed by atoms with van der Waals surface area (Å²) >= 11 is 1.72. The van der Waals surface area contributed by atoms with E-state index < -0.39 is 0 Å². The molecule has 2 atom stereocenters. The highest BCUT2D eigenvalue weighted by Crippen LogP contribution is 2.34. The van der Waals surface area contributed by atoms with Crippen molar-refractivity contribution in [3.63, 3.8) is 0 Å². The second kappa shape index (κ2) is 6.50. The number of amides is 1. The fraction of sp³-hybridized carbons (Fsp3) is 0.706. The average Bonchev–Trinajstić information content (AvgIpc) is 2.83. The van der Waals surface area contributed by atoms with Gasteiger partial charge in [0.25, 0.3) is 5.91 Å². The predicted octanol–water partition coefficient (Wildman–Crippen LogP) is 3.49. The van der Waals surface area contributed by atoms with Crippen LogP contribution in [0.2, 0.25) is 0 Å². The summed E-state index contributed by atoms with van der Waals surface area (Å²) in [5.41, 5.74) is 7.60. The third kappa shape index (κ3) is 3.34. The molecule has 2 aliphatic rings. The number of thiophene rings is 1. The third-order valence-corrected chi connectivity index (χ3v) is 6.36. The van der Waals surface area contributed by atoms with Crippen LogP contribution in [0, 0.1) is 11.3 Å². The third-order valence-electron chi connectivity index (χ3n) is 5.14. The van der Waals surface area contributed by atoms with Gasteiger partial charge in [0, 0.05) is 24.0 Å². The number of rotatable bonds is 1. The smallest absolute Gasteiger partial charge is 0.263 e. The quantitative estimate of drug-likeness (QED) is 0.849. The van der Waals surface area contributed by atoms with Crippen LogP contribution in [0.15, 0.2) is 6.07 Å². The molecule has 1 fully saturated rings. The highest BCUT2D eigenvalue weighted by Gasteiger charge is 2.36. The second-order valence-corrected chi connectivity index (χ2v) is 8.65. The number of nitrogens with zero attached hydrogens (tertiary/aromatic N) is 1. The Hall–Kier alpha value is -0.580. The minimum Gasteiger partial charge on any atom is -0.337 e. The molecule has 1 aliphatic carbocycles. The SMILES string of the molecule is CC1CCc2sc(C(=O)N3CCC(N)C(C)(C)C3)cc2C1.Cl. The molecule has 1 aromatic rings. The number of nitrogens with two attached hydrogens (primary N) is 1. The lowest BCUT2D eigenvalue weighted by molar-refractivity contribution is 0.0537. The summed E-state index contributed by atoms with van der Waals surface area (Å²) in [5.74, 6) is 0.962. The molecule has 3 rings (SSSR count). The van der Waals surface area contributed by atoms with Crippen LogP contribution in [0.4, 0.5) is 0 Å². The molecule has 0 saturated carbocycles. The topological polar surface area (TPSA) is 46.3 Å². The number of fused-ring (bicyclic) bond motifs is 1. The van der Waals surface area contributed by atoms with Crippen molar-refractivity contribution < 1.29 is 4.79 Å². The molecule has 1 saturated heterocycles. The van der Waals surface area contributed by atoms with Gasteiger partial charge in [-0.2, -0.15) is 0 Å². The monoisotopic (exact) mass is 342 g/mol. The zero-order valence-corrected chi connectivity index (χ0v) is 15.4. The summed E-state index contributed by atoms with van der Waals surface area (Å²) < 4.78 is 0. The Morgan fingerprint density at radius 1 is 1.41 bits per heavy atom. The Morgan fingerprint density at radius 2 is 2.14 bits per heavy atom. The van der Waals surface area contributed by atoms with E-state index in [0.29, 0.717) is 0 Å². The zero-order chi connectivity index (χ0) is 15.2. The maximum absolute atomic E-state index is 12.8. The number of carbonyl (C=O) groups excluding carboxylic acids is 1. The average molecular weight is 343 g/mol. The molecule has 1 aromatic heterocycles. The van der Waals surface area contributed by atoms with Gasteiger partial charge in [-0.3, -0.25) is 4.79 Å². The summed E-state index contributed by atoms with van der Waals surface area (Å²) in [4.78, 5) is 17.2. The number of aryl methyl sites for hydroxylation is 1. The van der Waals surface area contributed by atoms with Crippen molar-refractivity contribution in [3.05, 3.63) is 21.4 Å². The number of hydrogen-bond acceptors (Lipinski definition) is 3. The highest BCUT2D eigenvalue weighted by molar-refractivity contribution is 7.14. The molecule has 0 spiro atoms. The molecule has 1 amide bonds. The molecular formula is C17H27ClN2OS. The molecule has 2 heterocycles. The molecule has 22 heavy (non-hydrogen) atoms. The van der Waals surface area contributed by atoms with Gasteiger partial charge in [0.2, 0.25) is 0 Å². The zero-order valence-electron chi connectivity index (χ0n) is 13.7. The van der Waals surface area contributed by atoms with Gasteiger partial charge < -0.3 is 10.6 Å². The van der Waals surface area contributed by atoms with Crippen molar-refractivity contribution in [3.8, 4) is 0 Å². The number of piperidine rings is 1. The van der Waals surface area contributed by atoms with Gasteiger partial charge in [0.05, 0.1) is 4.88 Å². The van der Waals surface area contributed by atoms with Crippen molar-refractivity contribution in [1.29, 1.82) is 0 Å². The first-order valence-electron chi connectivity index (χ1n) is 8.03. The molecule has 2 unspecified atom stereocenters. The molecule has 5 heteroatoms. The summed E-state index contributed by atoms with van der Waals surface area (Å²) in [6.45, 7) is 8.20. The number of carbonyl (C=O) groups is 1. The largest absolute Gasteiger partial charge is 0.337 e. The predicted molar refractivity (Wildman–Crippen MR) is 95.0 cm³/mol. The van der Waals surface area contributed by atoms with Crippen molar-refractivity contribution in [2.75, 3.05) is 13.1 Å². The number of halogens is 1. The molecular weight excluding hydrogens is 316 g/mol. The number of likely N-dealkylation sites (tertiary alicyclic amines) is 1. The van der Waals surface area contributed by atoms with Crippen LogP contribution in [0.25, 0.3) is 0 Å². The van der Waals surface area contributed by atoms with Crippen LogP contribution in [0.5, 0.6) is 0 Å². The lowest BCUT2D eigenvalue weighted by atomic mass is 9.79. The van der Waals surface area contributed by atoms with E-state index in [1.807, 2.05) is 4.90 Å².